The fourth-order valence-corrected chi connectivity index (χ4v) is 3.16. The molecule has 0 aromatic heterocycles. The van der Waals surface area contributed by atoms with Crippen molar-refractivity contribution in [2.45, 2.75) is 32.5 Å². The van der Waals surface area contributed by atoms with Crippen LogP contribution < -0.4 is 10.6 Å². The summed E-state index contributed by atoms with van der Waals surface area (Å²) in [5.41, 5.74) is 1.23. The van der Waals surface area contributed by atoms with Crippen molar-refractivity contribution in [3.63, 3.8) is 0 Å². The minimum absolute atomic E-state index is 0.591. The zero-order valence-electron chi connectivity index (χ0n) is 9.86. The molecule has 0 atom stereocenters. The van der Waals surface area contributed by atoms with Crippen molar-refractivity contribution in [3.8, 4) is 0 Å². The van der Waals surface area contributed by atoms with Crippen LogP contribution in [0, 0.1) is 0 Å². The summed E-state index contributed by atoms with van der Waals surface area (Å²) in [6.07, 6.45) is 0. The molecule has 0 unspecified atom stereocenters. The molecule has 0 aliphatic heterocycles. The Morgan fingerprint density at radius 3 is 2.27 bits per heavy atom. The summed E-state index contributed by atoms with van der Waals surface area (Å²) in [5, 5.41) is 19.5. The maximum Gasteiger partial charge on any atom is 0.488 e. The number of hydrogen-bond donors (Lipinski definition) is 2. The van der Waals surface area contributed by atoms with Crippen LogP contribution in [0.2, 0.25) is 18.6 Å². The van der Waals surface area contributed by atoms with Crippen molar-refractivity contribution in [2.75, 3.05) is 0 Å². The van der Waals surface area contributed by atoms with Gasteiger partial charge in [0.25, 0.3) is 0 Å². The number of benzene rings is 1. The van der Waals surface area contributed by atoms with Gasteiger partial charge in [-0.05, 0) is 11.0 Å². The highest BCUT2D eigenvalue weighted by Crippen LogP contribution is 2.19. The second-order valence-electron chi connectivity index (χ2n) is 4.88. The van der Waals surface area contributed by atoms with Gasteiger partial charge in [-0.25, -0.2) is 0 Å². The topological polar surface area (TPSA) is 40.5 Å². The Balaban J connectivity index is 3.10. The monoisotopic (exact) mass is 222 g/mol. The lowest BCUT2D eigenvalue weighted by atomic mass is 9.80. The third kappa shape index (κ3) is 2.71. The second kappa shape index (κ2) is 4.51. The van der Waals surface area contributed by atoms with Crippen molar-refractivity contribution < 1.29 is 10.0 Å². The normalized spacial score (nSPS) is 11.9. The molecule has 1 aromatic rings. The summed E-state index contributed by atoms with van der Waals surface area (Å²) in [4.78, 5) is 0. The predicted octanol–water partition coefficient (Wildman–Crippen LogP) is 0.692. The van der Waals surface area contributed by atoms with E-state index in [2.05, 4.69) is 33.0 Å². The first-order valence-electron chi connectivity index (χ1n) is 5.32. The van der Waals surface area contributed by atoms with Gasteiger partial charge in [-0.1, -0.05) is 56.4 Å². The standard InChI is InChI=1S/C11H19BO2Si/c1-9(2)15(3,4)11-7-5-6-10(8-11)12(13)14/h5-9,13-14H,1-4H3. The van der Waals surface area contributed by atoms with Crippen LogP contribution in [0.15, 0.2) is 24.3 Å². The first kappa shape index (κ1) is 12.5. The Morgan fingerprint density at radius 1 is 1.20 bits per heavy atom. The Labute approximate surface area is 93.1 Å². The van der Waals surface area contributed by atoms with E-state index in [1.807, 2.05) is 12.1 Å². The van der Waals surface area contributed by atoms with Gasteiger partial charge < -0.3 is 10.0 Å². The van der Waals surface area contributed by atoms with Crippen LogP contribution in [0.25, 0.3) is 0 Å². The van der Waals surface area contributed by atoms with Gasteiger partial charge in [0.1, 0.15) is 0 Å². The van der Waals surface area contributed by atoms with Crippen LogP contribution in [0.3, 0.4) is 0 Å². The van der Waals surface area contributed by atoms with E-state index in [1.165, 1.54) is 5.19 Å². The van der Waals surface area contributed by atoms with E-state index in [1.54, 1.807) is 6.07 Å². The van der Waals surface area contributed by atoms with Crippen LogP contribution in [0.5, 0.6) is 0 Å². The van der Waals surface area contributed by atoms with Gasteiger partial charge in [0.05, 0.1) is 8.07 Å². The molecule has 2 nitrogen and oxygen atoms in total. The van der Waals surface area contributed by atoms with E-state index in [-0.39, 0.29) is 0 Å². The van der Waals surface area contributed by atoms with Crippen molar-refractivity contribution in [3.05, 3.63) is 24.3 Å². The average Bonchev–Trinajstić information content (AvgIpc) is 2.17. The van der Waals surface area contributed by atoms with Crippen LogP contribution >= 0.6 is 0 Å². The molecule has 1 aromatic carbocycles. The molecule has 0 amide bonds. The van der Waals surface area contributed by atoms with Gasteiger partial charge in [-0.2, -0.15) is 0 Å². The number of rotatable bonds is 3. The van der Waals surface area contributed by atoms with Crippen LogP contribution in [0.1, 0.15) is 13.8 Å². The van der Waals surface area contributed by atoms with Gasteiger partial charge >= 0.3 is 7.12 Å². The first-order chi connectivity index (χ1) is 6.85. The molecular formula is C11H19BO2Si. The molecular weight excluding hydrogens is 203 g/mol. The lowest BCUT2D eigenvalue weighted by Gasteiger charge is -2.27. The minimum atomic E-state index is -1.46. The van der Waals surface area contributed by atoms with Crippen molar-refractivity contribution >= 4 is 25.8 Å². The molecule has 82 valence electrons. The van der Waals surface area contributed by atoms with Crippen molar-refractivity contribution in [1.29, 1.82) is 0 Å². The molecule has 0 radical (unpaired) electrons. The molecule has 0 aliphatic carbocycles. The summed E-state index contributed by atoms with van der Waals surface area (Å²) in [5.74, 6) is 0. The molecule has 0 saturated carbocycles. The van der Waals surface area contributed by atoms with Crippen molar-refractivity contribution in [2.24, 2.45) is 0 Å². The third-order valence-electron chi connectivity index (χ3n) is 3.37. The quantitative estimate of drug-likeness (QED) is 0.739. The van der Waals surface area contributed by atoms with Crippen molar-refractivity contribution in [1.82, 2.24) is 0 Å². The van der Waals surface area contributed by atoms with E-state index in [0.29, 0.717) is 11.0 Å². The predicted molar refractivity (Wildman–Crippen MR) is 68.5 cm³/mol. The highest BCUT2D eigenvalue weighted by Gasteiger charge is 2.28. The molecule has 0 spiro atoms. The fourth-order valence-electron chi connectivity index (χ4n) is 1.43. The third-order valence-corrected chi connectivity index (χ3v) is 8.06. The summed E-state index contributed by atoms with van der Waals surface area (Å²) in [6, 6.07) is 7.68. The largest absolute Gasteiger partial charge is 0.488 e. The van der Waals surface area contributed by atoms with Gasteiger partial charge in [0.15, 0.2) is 0 Å². The maximum absolute atomic E-state index is 9.12. The SMILES string of the molecule is CC(C)[Si](C)(C)c1cccc(B(O)O)c1. The van der Waals surface area contributed by atoms with Gasteiger partial charge in [-0.3, -0.25) is 0 Å². The van der Waals surface area contributed by atoms with Gasteiger partial charge in [0, 0.05) is 0 Å². The average molecular weight is 222 g/mol. The molecule has 0 saturated heterocycles. The zero-order chi connectivity index (χ0) is 11.6. The van der Waals surface area contributed by atoms with E-state index in [0.717, 1.165) is 0 Å². The Bertz CT molecular complexity index is 337. The first-order valence-corrected chi connectivity index (χ1v) is 8.40. The van der Waals surface area contributed by atoms with Crippen LogP contribution in [-0.4, -0.2) is 25.2 Å². The smallest absolute Gasteiger partial charge is 0.423 e. The van der Waals surface area contributed by atoms with E-state index in [4.69, 9.17) is 10.0 Å². The summed E-state index contributed by atoms with van der Waals surface area (Å²) < 4.78 is 0. The molecule has 1 rings (SSSR count). The minimum Gasteiger partial charge on any atom is -0.423 e. The molecule has 2 N–H and O–H groups in total. The molecule has 0 aliphatic rings. The highest BCUT2D eigenvalue weighted by atomic mass is 28.3. The summed E-state index contributed by atoms with van der Waals surface area (Å²) in [6.45, 7) is 9.07. The molecule has 0 bridgehead atoms. The molecule has 15 heavy (non-hydrogen) atoms. The Morgan fingerprint density at radius 2 is 1.80 bits per heavy atom. The zero-order valence-corrected chi connectivity index (χ0v) is 10.9. The van der Waals surface area contributed by atoms with Gasteiger partial charge in [0.2, 0.25) is 0 Å². The lowest BCUT2D eigenvalue weighted by Crippen LogP contribution is -2.46. The maximum atomic E-state index is 9.12. The summed E-state index contributed by atoms with van der Waals surface area (Å²) >= 11 is 0. The Hall–Kier alpha value is -0.578. The fraction of sp³-hybridized carbons (Fsp3) is 0.455. The molecule has 0 heterocycles. The van der Waals surface area contributed by atoms with Crippen LogP contribution in [-0.2, 0) is 0 Å². The van der Waals surface area contributed by atoms with Gasteiger partial charge in [-0.15, -0.1) is 0 Å². The van der Waals surface area contributed by atoms with E-state index < -0.39 is 15.2 Å². The lowest BCUT2D eigenvalue weighted by molar-refractivity contribution is 0.426. The Kier molecular flexibility index (Phi) is 3.76. The number of hydrogen-bond acceptors (Lipinski definition) is 2. The second-order valence-corrected chi connectivity index (χ2v) is 10.1. The summed E-state index contributed by atoms with van der Waals surface area (Å²) in [7, 11) is -2.82. The molecule has 0 fully saturated rings. The van der Waals surface area contributed by atoms with E-state index >= 15 is 0 Å². The van der Waals surface area contributed by atoms with E-state index in [9.17, 15) is 0 Å². The molecule has 4 heteroatoms. The highest BCUT2D eigenvalue weighted by molar-refractivity contribution is 6.91. The van der Waals surface area contributed by atoms with Crippen LogP contribution in [0.4, 0.5) is 0 Å².